The van der Waals surface area contributed by atoms with Crippen LogP contribution in [0.15, 0.2) is 68.1 Å². The molecule has 0 saturated carbocycles. The summed E-state index contributed by atoms with van der Waals surface area (Å²) in [7, 11) is 0. The summed E-state index contributed by atoms with van der Waals surface area (Å²) in [6.45, 7) is 0. The van der Waals surface area contributed by atoms with Gasteiger partial charge in [-0.3, -0.25) is 0 Å². The van der Waals surface area contributed by atoms with E-state index < -0.39 is 11.2 Å². The van der Waals surface area contributed by atoms with E-state index in [2.05, 4.69) is 12.6 Å². The van der Waals surface area contributed by atoms with E-state index in [4.69, 9.17) is 0 Å². The van der Waals surface area contributed by atoms with Gasteiger partial charge in [0.05, 0.1) is 0 Å². The molecule has 0 amide bonds. The van der Waals surface area contributed by atoms with Gasteiger partial charge in [0.25, 0.3) is 0 Å². The van der Waals surface area contributed by atoms with Crippen molar-refractivity contribution in [1.82, 2.24) is 0 Å². The van der Waals surface area contributed by atoms with Crippen LogP contribution in [0.25, 0.3) is 0 Å². The van der Waals surface area contributed by atoms with Gasteiger partial charge in [-0.1, -0.05) is 30.0 Å². The molecule has 0 aliphatic carbocycles. The van der Waals surface area contributed by atoms with Gasteiger partial charge in [0, 0.05) is 20.8 Å². The Morgan fingerprint density at radius 3 is 2.39 bits per heavy atom. The van der Waals surface area contributed by atoms with Crippen LogP contribution in [0.3, 0.4) is 0 Å². The quantitative estimate of drug-likeness (QED) is 0.534. The molecule has 1 atom stereocenters. The average molecular weight is 304 g/mol. The zero-order valence-corrected chi connectivity index (χ0v) is 11.8. The van der Waals surface area contributed by atoms with E-state index in [1.165, 1.54) is 0 Å². The van der Waals surface area contributed by atoms with Crippen molar-refractivity contribution in [2.75, 3.05) is 6.26 Å². The average Bonchev–Trinajstić information content (AvgIpc) is 2.33. The maximum absolute atomic E-state index is 11.4. The van der Waals surface area contributed by atoms with Crippen LogP contribution in [-0.2, 0) is 11.2 Å². The Bertz CT molecular complexity index is 503. The molecule has 2 rings (SSSR count). The second kappa shape index (κ2) is 7.90. The second-order valence-electron chi connectivity index (χ2n) is 3.50. The topological polar surface area (TPSA) is 23.1 Å². The van der Waals surface area contributed by atoms with Gasteiger partial charge in [-0.2, -0.15) is 0 Å². The van der Waals surface area contributed by atoms with Crippen LogP contribution in [0.2, 0.25) is 0 Å². The van der Waals surface area contributed by atoms with Gasteiger partial charge in [0.15, 0.2) is 4.90 Å². The second-order valence-corrected chi connectivity index (χ2v) is 6.48. The normalized spacial score (nSPS) is 11.7. The van der Waals surface area contributed by atoms with Crippen molar-refractivity contribution < 1.29 is 4.55 Å². The molecule has 0 spiro atoms. The molecular formula is C13H13NaOS3. The van der Waals surface area contributed by atoms with Crippen LogP contribution in [0.5, 0.6) is 0 Å². The third-order valence-electron chi connectivity index (χ3n) is 2.23. The predicted octanol–water partition coefficient (Wildman–Crippen LogP) is 3.22. The molecule has 2 aromatic carbocycles. The molecule has 90 valence electrons. The van der Waals surface area contributed by atoms with E-state index in [9.17, 15) is 4.55 Å². The predicted molar refractivity (Wildman–Crippen MR) is 83.7 cm³/mol. The van der Waals surface area contributed by atoms with Crippen molar-refractivity contribution in [3.8, 4) is 0 Å². The Morgan fingerprint density at radius 2 is 1.78 bits per heavy atom. The number of thiol groups is 1. The van der Waals surface area contributed by atoms with Crippen LogP contribution in [0, 0.1) is 0 Å². The zero-order valence-electron chi connectivity index (χ0n) is 9.29. The molecule has 0 fully saturated rings. The van der Waals surface area contributed by atoms with E-state index >= 15 is 0 Å². The van der Waals surface area contributed by atoms with Gasteiger partial charge in [0.1, 0.15) is 6.26 Å². The van der Waals surface area contributed by atoms with E-state index in [0.717, 1.165) is 19.6 Å². The van der Waals surface area contributed by atoms with Crippen LogP contribution >= 0.6 is 24.4 Å². The first-order chi connectivity index (χ1) is 8.16. The molecule has 0 aromatic heterocycles. The fourth-order valence-electron chi connectivity index (χ4n) is 1.37. The molecule has 0 radical (unpaired) electrons. The Kier molecular flexibility index (Phi) is 7.24. The van der Waals surface area contributed by atoms with Gasteiger partial charge in [0.2, 0.25) is 0 Å². The van der Waals surface area contributed by atoms with E-state index in [1.54, 1.807) is 18.0 Å². The van der Waals surface area contributed by atoms with Crippen molar-refractivity contribution in [2.45, 2.75) is 19.6 Å². The molecule has 1 nitrogen and oxygen atoms in total. The molecule has 0 bridgehead atoms. The van der Waals surface area contributed by atoms with E-state index in [0.29, 0.717) is 0 Å². The number of hydrogen-bond donors (Lipinski definition) is 1. The molecular weight excluding hydrogens is 291 g/mol. The molecule has 0 N–H and O–H groups in total. The first kappa shape index (κ1) is 16.5. The Balaban J connectivity index is 0.00000162. The molecule has 0 aliphatic heterocycles. The fraction of sp³-hybridized carbons (Fsp3) is 0.0769. The Morgan fingerprint density at radius 1 is 1.11 bits per heavy atom. The van der Waals surface area contributed by atoms with Crippen LogP contribution < -0.4 is 0 Å². The molecule has 5 heteroatoms. The standard InChI is InChI=1S/C13H12OS3.Na.H/c1-17(14)11-7-8-12(15)13(9-11)16-10-5-3-2-4-6-10;;/h2-9,15H,1H3;;. The van der Waals surface area contributed by atoms with Crippen molar-refractivity contribution >= 4 is 65.1 Å². The van der Waals surface area contributed by atoms with Gasteiger partial charge >= 0.3 is 29.6 Å². The molecule has 0 aliphatic rings. The summed E-state index contributed by atoms with van der Waals surface area (Å²) < 4.78 is 11.4. The number of hydrogen-bond acceptors (Lipinski definition) is 3. The summed E-state index contributed by atoms with van der Waals surface area (Å²) >= 11 is 5.11. The maximum atomic E-state index is 11.4. The summed E-state index contributed by atoms with van der Waals surface area (Å²) in [6, 6.07) is 15.8. The van der Waals surface area contributed by atoms with Gasteiger partial charge < -0.3 is 4.55 Å². The summed E-state index contributed by atoms with van der Waals surface area (Å²) in [5.74, 6) is 0. The molecule has 0 saturated heterocycles. The van der Waals surface area contributed by atoms with Gasteiger partial charge in [-0.05, 0) is 35.4 Å². The summed E-state index contributed by atoms with van der Waals surface area (Å²) in [5, 5.41) is 0. The summed E-state index contributed by atoms with van der Waals surface area (Å²) in [6.07, 6.45) is 1.69. The minimum absolute atomic E-state index is 0. The Hall–Kier alpha value is 0.450. The zero-order chi connectivity index (χ0) is 12.3. The van der Waals surface area contributed by atoms with Gasteiger partial charge in [-0.25, -0.2) is 0 Å². The van der Waals surface area contributed by atoms with E-state index in [1.807, 2.05) is 48.5 Å². The Labute approximate surface area is 143 Å². The third-order valence-corrected chi connectivity index (χ3v) is 4.76. The van der Waals surface area contributed by atoms with Crippen LogP contribution in [-0.4, -0.2) is 40.4 Å². The molecule has 18 heavy (non-hydrogen) atoms. The van der Waals surface area contributed by atoms with Crippen molar-refractivity contribution in [3.05, 3.63) is 48.5 Å². The third kappa shape index (κ3) is 4.53. The van der Waals surface area contributed by atoms with E-state index in [-0.39, 0.29) is 29.6 Å². The van der Waals surface area contributed by atoms with Crippen LogP contribution in [0.4, 0.5) is 0 Å². The number of rotatable bonds is 3. The van der Waals surface area contributed by atoms with Gasteiger partial charge in [-0.15, -0.1) is 12.6 Å². The molecule has 1 unspecified atom stereocenters. The fourth-order valence-corrected chi connectivity index (χ4v) is 3.17. The summed E-state index contributed by atoms with van der Waals surface area (Å²) in [5.41, 5.74) is 0. The first-order valence-electron chi connectivity index (χ1n) is 5.06. The SMILES string of the molecule is C[S+]([O-])c1ccc(S)c(Sc2ccccc2)c1.[NaH]. The number of benzene rings is 2. The van der Waals surface area contributed by atoms with Crippen molar-refractivity contribution in [3.63, 3.8) is 0 Å². The van der Waals surface area contributed by atoms with Crippen molar-refractivity contribution in [1.29, 1.82) is 0 Å². The monoisotopic (exact) mass is 304 g/mol. The minimum atomic E-state index is -0.953. The summed E-state index contributed by atoms with van der Waals surface area (Å²) in [4.78, 5) is 3.93. The molecule has 0 heterocycles. The molecule has 2 aromatic rings. The van der Waals surface area contributed by atoms with Crippen LogP contribution in [0.1, 0.15) is 0 Å². The van der Waals surface area contributed by atoms with Crippen molar-refractivity contribution in [2.24, 2.45) is 0 Å². The first-order valence-corrected chi connectivity index (χ1v) is 7.88.